The molecule has 13 heteroatoms. The molecule has 2 heterocycles. The number of oxime groups is 1. The highest BCUT2D eigenvalue weighted by molar-refractivity contribution is 5.98. The molecule has 1 fully saturated rings. The monoisotopic (exact) mass is 461 g/mol. The van der Waals surface area contributed by atoms with E-state index in [-0.39, 0.29) is 43.5 Å². The number of anilines is 1. The molecule has 1 amide bonds. The number of amides is 1. The van der Waals surface area contributed by atoms with E-state index in [0.29, 0.717) is 24.6 Å². The molecule has 1 aromatic carbocycles. The molecule has 1 saturated heterocycles. The van der Waals surface area contributed by atoms with E-state index < -0.39 is 17.9 Å². The number of nitrogens with two attached hydrogens (primary N) is 1. The normalized spacial score (nSPS) is 12.8. The van der Waals surface area contributed by atoms with Crippen LogP contribution in [0.1, 0.15) is 5.56 Å². The Morgan fingerprint density at radius 1 is 1.30 bits per heavy atom. The predicted molar refractivity (Wildman–Crippen MR) is 116 cm³/mol. The number of hydrogen-bond donors (Lipinski definition) is 5. The van der Waals surface area contributed by atoms with Gasteiger partial charge in [-0.2, -0.15) is 0 Å². The molecule has 6 N–H and O–H groups in total. The molecule has 3 rings (SSSR count). The number of guanidine groups is 1. The van der Waals surface area contributed by atoms with Gasteiger partial charge in [-0.05, 0) is 0 Å². The summed E-state index contributed by atoms with van der Waals surface area (Å²) in [6.45, 7) is 0.349. The lowest BCUT2D eigenvalue weighted by atomic mass is 10.1. The van der Waals surface area contributed by atoms with Crippen LogP contribution in [0.4, 0.5) is 15.1 Å². The minimum absolute atomic E-state index is 0.124. The summed E-state index contributed by atoms with van der Waals surface area (Å²) >= 11 is 0. The quantitative estimate of drug-likeness (QED) is 0.198. The van der Waals surface area contributed by atoms with Crippen LogP contribution in [0.15, 0.2) is 35.7 Å². The van der Waals surface area contributed by atoms with E-state index in [1.807, 2.05) is 10.2 Å². The Morgan fingerprint density at radius 2 is 2.00 bits per heavy atom. The van der Waals surface area contributed by atoms with Crippen molar-refractivity contribution in [3.05, 3.63) is 42.0 Å². The molecule has 33 heavy (non-hydrogen) atoms. The van der Waals surface area contributed by atoms with E-state index in [1.54, 1.807) is 12.1 Å². The number of ether oxygens (including phenoxy) is 1. The summed E-state index contributed by atoms with van der Waals surface area (Å²) < 4.78 is 19.7. The number of alkyl carbamates (subject to hydrolysis) is 1. The van der Waals surface area contributed by atoms with Crippen LogP contribution in [0.5, 0.6) is 0 Å². The minimum Gasteiger partial charge on any atom is -0.444 e. The lowest BCUT2D eigenvalue weighted by Crippen LogP contribution is -2.48. The first-order valence-electron chi connectivity index (χ1n) is 9.93. The van der Waals surface area contributed by atoms with Gasteiger partial charge in [0.2, 0.25) is 5.95 Å². The predicted octanol–water partition coefficient (Wildman–Crippen LogP) is 0.196. The summed E-state index contributed by atoms with van der Waals surface area (Å²) in [5.41, 5.74) is 6.65. The SMILES string of the molecule is N=C(N)NC(=O)OCc1cccc(-c2cnc(N3CC(=NOCC(CO)CO)C3)nc2)c1F. The number of carbonyl (C=O) groups is 1. The molecule has 0 spiro atoms. The molecular formula is C20H24FN7O5. The van der Waals surface area contributed by atoms with Crippen LogP contribution in [0.25, 0.3) is 11.1 Å². The molecule has 1 aliphatic rings. The molecule has 0 radical (unpaired) electrons. The van der Waals surface area contributed by atoms with Crippen molar-refractivity contribution in [2.24, 2.45) is 16.8 Å². The van der Waals surface area contributed by atoms with Gasteiger partial charge in [0.05, 0.1) is 32.0 Å². The molecule has 1 aliphatic heterocycles. The first-order valence-corrected chi connectivity index (χ1v) is 9.93. The van der Waals surface area contributed by atoms with Gasteiger partial charge < -0.3 is 30.4 Å². The number of hydrogen-bond acceptors (Lipinski definition) is 10. The van der Waals surface area contributed by atoms with Crippen molar-refractivity contribution >= 4 is 23.7 Å². The maximum absolute atomic E-state index is 14.9. The second-order valence-corrected chi connectivity index (χ2v) is 7.21. The van der Waals surface area contributed by atoms with E-state index in [4.69, 9.17) is 30.9 Å². The van der Waals surface area contributed by atoms with Crippen molar-refractivity contribution in [3.63, 3.8) is 0 Å². The van der Waals surface area contributed by atoms with Gasteiger partial charge in [0.25, 0.3) is 0 Å². The molecule has 0 saturated carbocycles. The highest BCUT2D eigenvalue weighted by Crippen LogP contribution is 2.26. The number of nitrogens with one attached hydrogen (secondary N) is 2. The molecule has 176 valence electrons. The Hall–Kier alpha value is -3.84. The Kier molecular flexibility index (Phi) is 8.05. The summed E-state index contributed by atoms with van der Waals surface area (Å²) in [5.74, 6) is -1.08. The van der Waals surface area contributed by atoms with Gasteiger partial charge in [0.15, 0.2) is 5.96 Å². The lowest BCUT2D eigenvalue weighted by Gasteiger charge is -2.31. The summed E-state index contributed by atoms with van der Waals surface area (Å²) in [4.78, 5) is 27.0. The van der Waals surface area contributed by atoms with Crippen molar-refractivity contribution in [1.82, 2.24) is 15.3 Å². The van der Waals surface area contributed by atoms with E-state index in [0.717, 1.165) is 5.71 Å². The highest BCUT2D eigenvalue weighted by Gasteiger charge is 2.25. The van der Waals surface area contributed by atoms with Crippen molar-refractivity contribution in [2.75, 3.05) is 37.8 Å². The van der Waals surface area contributed by atoms with E-state index in [9.17, 15) is 9.18 Å². The fourth-order valence-corrected chi connectivity index (χ4v) is 2.82. The standard InChI is InChI=1S/C20H24FN7O5/c21-17-13(11-32-20(31)26-18(22)23)2-1-3-16(17)14-4-24-19(25-5-14)28-6-15(7-28)27-33-10-12(8-29)9-30/h1-5,12,29-30H,6-11H2,(H4,22,23,26,31). The van der Waals surface area contributed by atoms with Crippen LogP contribution >= 0.6 is 0 Å². The van der Waals surface area contributed by atoms with Gasteiger partial charge >= 0.3 is 6.09 Å². The zero-order valence-electron chi connectivity index (χ0n) is 17.6. The smallest absolute Gasteiger partial charge is 0.414 e. The van der Waals surface area contributed by atoms with Gasteiger partial charge in [-0.15, -0.1) is 0 Å². The third-order valence-corrected chi connectivity index (χ3v) is 4.67. The van der Waals surface area contributed by atoms with E-state index in [2.05, 4.69) is 15.1 Å². The molecule has 0 unspecified atom stereocenters. The van der Waals surface area contributed by atoms with Gasteiger partial charge in [0.1, 0.15) is 19.0 Å². The molecular weight excluding hydrogens is 437 g/mol. The second-order valence-electron chi connectivity index (χ2n) is 7.21. The number of aliphatic hydroxyl groups excluding tert-OH is 2. The number of aliphatic hydroxyl groups is 2. The largest absolute Gasteiger partial charge is 0.444 e. The zero-order valence-corrected chi connectivity index (χ0v) is 17.6. The summed E-state index contributed by atoms with van der Waals surface area (Å²) in [5, 5.41) is 30.9. The fourth-order valence-electron chi connectivity index (χ4n) is 2.82. The molecule has 0 atom stereocenters. The second kappa shape index (κ2) is 11.2. The maximum atomic E-state index is 14.9. The Bertz CT molecular complexity index is 1010. The Balaban J connectivity index is 1.57. The van der Waals surface area contributed by atoms with Crippen molar-refractivity contribution in [1.29, 1.82) is 5.41 Å². The average molecular weight is 461 g/mol. The maximum Gasteiger partial charge on any atom is 0.414 e. The zero-order chi connectivity index (χ0) is 23.8. The molecule has 0 bridgehead atoms. The van der Waals surface area contributed by atoms with Crippen LogP contribution in [-0.2, 0) is 16.2 Å². The van der Waals surface area contributed by atoms with Crippen LogP contribution in [0.3, 0.4) is 0 Å². The number of halogens is 1. The van der Waals surface area contributed by atoms with Gasteiger partial charge in [-0.3, -0.25) is 10.7 Å². The lowest BCUT2D eigenvalue weighted by molar-refractivity contribution is 0.0477. The van der Waals surface area contributed by atoms with Crippen LogP contribution in [0.2, 0.25) is 0 Å². The summed E-state index contributed by atoms with van der Waals surface area (Å²) in [6.07, 6.45) is 2.03. The molecule has 2 aromatic rings. The average Bonchev–Trinajstić information content (AvgIpc) is 2.77. The molecule has 12 nitrogen and oxygen atoms in total. The topological polar surface area (TPSA) is 179 Å². The van der Waals surface area contributed by atoms with Crippen molar-refractivity contribution in [2.45, 2.75) is 6.61 Å². The van der Waals surface area contributed by atoms with Crippen LogP contribution < -0.4 is 16.0 Å². The Morgan fingerprint density at radius 3 is 2.64 bits per heavy atom. The molecule has 0 aliphatic carbocycles. The highest BCUT2D eigenvalue weighted by atomic mass is 19.1. The molecule has 1 aromatic heterocycles. The summed E-state index contributed by atoms with van der Waals surface area (Å²) in [7, 11) is 0. The fraction of sp³-hybridized carbons (Fsp3) is 0.350. The minimum atomic E-state index is -0.954. The van der Waals surface area contributed by atoms with Gasteiger partial charge in [0, 0.05) is 35.0 Å². The first kappa shape index (κ1) is 23.8. The summed E-state index contributed by atoms with van der Waals surface area (Å²) in [6, 6.07) is 4.65. The third-order valence-electron chi connectivity index (χ3n) is 4.67. The third kappa shape index (κ3) is 6.33. The van der Waals surface area contributed by atoms with Crippen LogP contribution in [-0.4, -0.2) is 70.9 Å². The van der Waals surface area contributed by atoms with Crippen LogP contribution in [0, 0.1) is 17.1 Å². The van der Waals surface area contributed by atoms with Crippen molar-refractivity contribution < 1.29 is 29.0 Å². The van der Waals surface area contributed by atoms with E-state index in [1.165, 1.54) is 18.5 Å². The van der Waals surface area contributed by atoms with Gasteiger partial charge in [-0.1, -0.05) is 23.4 Å². The number of aromatic nitrogens is 2. The number of carbonyl (C=O) groups excluding carboxylic acids is 1. The number of benzene rings is 1. The van der Waals surface area contributed by atoms with E-state index >= 15 is 0 Å². The Labute approximate surface area is 188 Å². The van der Waals surface area contributed by atoms with Gasteiger partial charge in [-0.25, -0.2) is 19.2 Å². The first-order chi connectivity index (χ1) is 15.9. The number of nitrogens with zero attached hydrogens (tertiary/aromatic N) is 4. The number of rotatable bonds is 9. The van der Waals surface area contributed by atoms with Crippen molar-refractivity contribution in [3.8, 4) is 11.1 Å².